The summed E-state index contributed by atoms with van der Waals surface area (Å²) in [7, 11) is 0. The molecule has 2 aromatic carbocycles. The van der Waals surface area contributed by atoms with Crippen molar-refractivity contribution in [3.8, 4) is 0 Å². The fraction of sp³-hybridized carbons (Fsp3) is 0.192. The number of benzene rings is 2. The number of hydrogen-bond acceptors (Lipinski definition) is 6. The Morgan fingerprint density at radius 1 is 1.03 bits per heavy atom. The van der Waals surface area contributed by atoms with Crippen molar-refractivity contribution < 1.29 is 27.6 Å². The molecule has 39 heavy (non-hydrogen) atoms. The minimum atomic E-state index is -4.72. The first-order chi connectivity index (χ1) is 18.6. The quantitative estimate of drug-likeness (QED) is 0.157. The fourth-order valence-corrected chi connectivity index (χ4v) is 3.29. The smallest absolute Gasteiger partial charge is 0.391 e. The van der Waals surface area contributed by atoms with E-state index < -0.39 is 23.7 Å². The van der Waals surface area contributed by atoms with E-state index in [1.165, 1.54) is 12.3 Å². The predicted molar refractivity (Wildman–Crippen MR) is 146 cm³/mol. The van der Waals surface area contributed by atoms with E-state index >= 15 is 0 Å². The van der Waals surface area contributed by atoms with Gasteiger partial charge in [-0.15, -0.1) is 0 Å². The minimum Gasteiger partial charge on any atom is -0.391 e. The Labute approximate surface area is 232 Å². The van der Waals surface area contributed by atoms with Crippen LogP contribution in [0.2, 0.25) is 0 Å². The number of carbonyl (C=O) groups excluding carboxylic acids is 2. The lowest BCUT2D eigenvalue weighted by Gasteiger charge is -2.15. The second kappa shape index (κ2) is 15.3. The minimum absolute atomic E-state index is 0.0366. The average Bonchev–Trinajstić information content (AvgIpc) is 2.90. The molecule has 0 saturated heterocycles. The lowest BCUT2D eigenvalue weighted by molar-refractivity contribution is -0.137. The summed E-state index contributed by atoms with van der Waals surface area (Å²) >= 11 is 3.28. The molecular weight excluding hydrogens is 581 g/mol. The Bertz CT molecular complexity index is 1260. The Morgan fingerprint density at radius 2 is 1.69 bits per heavy atom. The van der Waals surface area contributed by atoms with Crippen LogP contribution in [0.25, 0.3) is 0 Å². The third-order valence-electron chi connectivity index (χ3n) is 4.68. The van der Waals surface area contributed by atoms with Gasteiger partial charge in [0.1, 0.15) is 0 Å². The van der Waals surface area contributed by atoms with E-state index in [-0.39, 0.29) is 30.2 Å². The molecule has 0 unspecified atom stereocenters. The van der Waals surface area contributed by atoms with Gasteiger partial charge in [-0.1, -0.05) is 44.2 Å². The molecule has 0 saturated carbocycles. The van der Waals surface area contributed by atoms with Crippen molar-refractivity contribution in [2.24, 2.45) is 5.90 Å². The molecule has 13 heteroatoms. The third kappa shape index (κ3) is 11.0. The SMILES string of the molecule is CC.NO/C(=C\NCc1ccc(Br)cn1)NC(=O)Nc1cc(NC(=O)Cc2ccccc2)cc(C(F)(F)F)c1. The molecule has 0 fully saturated rings. The second-order valence-corrected chi connectivity index (χ2v) is 8.48. The Morgan fingerprint density at radius 3 is 2.28 bits per heavy atom. The number of carbonyl (C=O) groups is 2. The topological polar surface area (TPSA) is 130 Å². The van der Waals surface area contributed by atoms with Gasteiger partial charge in [0.15, 0.2) is 0 Å². The molecule has 3 aromatic rings. The maximum atomic E-state index is 13.4. The molecule has 6 N–H and O–H groups in total. The van der Waals surface area contributed by atoms with Crippen molar-refractivity contribution in [2.75, 3.05) is 10.6 Å². The van der Waals surface area contributed by atoms with Crippen LogP contribution in [0.1, 0.15) is 30.7 Å². The molecule has 3 rings (SSSR count). The van der Waals surface area contributed by atoms with Gasteiger partial charge in [-0.2, -0.15) is 19.1 Å². The van der Waals surface area contributed by atoms with Crippen LogP contribution in [0.15, 0.2) is 83.4 Å². The van der Waals surface area contributed by atoms with Crippen molar-refractivity contribution in [1.82, 2.24) is 15.6 Å². The first-order valence-electron chi connectivity index (χ1n) is 11.7. The Balaban J connectivity index is 0.00000260. The predicted octanol–water partition coefficient (Wildman–Crippen LogP) is 5.67. The van der Waals surface area contributed by atoms with Crippen LogP contribution in [-0.2, 0) is 28.8 Å². The summed E-state index contributed by atoms with van der Waals surface area (Å²) in [5.41, 5.74) is -0.0393. The van der Waals surface area contributed by atoms with Crippen LogP contribution < -0.4 is 27.2 Å². The van der Waals surface area contributed by atoms with Crippen LogP contribution in [-0.4, -0.2) is 16.9 Å². The number of amides is 3. The van der Waals surface area contributed by atoms with Gasteiger partial charge in [-0.3, -0.25) is 15.1 Å². The maximum absolute atomic E-state index is 13.4. The zero-order chi connectivity index (χ0) is 28.8. The standard InChI is InChI=1S/C24H22BrF3N6O3.C2H6/c25-17-6-7-18(31-12-17)13-30-14-22(37-29)34-23(36)33-20-10-16(24(26,27)28)9-19(11-20)32-21(35)8-15-4-2-1-3-5-15;1-2/h1-7,9-12,14,30H,8,13,29H2,(H,32,35)(H2,33,34,36);1-2H3/b22-14-;. The summed E-state index contributed by atoms with van der Waals surface area (Å²) in [6, 6.07) is 14.0. The lowest BCUT2D eigenvalue weighted by Crippen LogP contribution is -2.31. The zero-order valence-electron chi connectivity index (χ0n) is 21.1. The molecule has 0 aliphatic carbocycles. The van der Waals surface area contributed by atoms with Gasteiger partial charge in [0, 0.05) is 22.0 Å². The molecule has 0 bridgehead atoms. The molecule has 0 spiro atoms. The number of alkyl halides is 3. The average molecular weight is 609 g/mol. The van der Waals surface area contributed by atoms with Gasteiger partial charge in [0.05, 0.1) is 30.4 Å². The number of urea groups is 1. The highest BCUT2D eigenvalue weighted by Crippen LogP contribution is 2.33. The Hall–Kier alpha value is -4.10. The number of hydrogen-bond donors (Lipinski definition) is 5. The van der Waals surface area contributed by atoms with Gasteiger partial charge in [0.25, 0.3) is 0 Å². The largest absolute Gasteiger partial charge is 0.416 e. The van der Waals surface area contributed by atoms with Crippen LogP contribution in [0.5, 0.6) is 0 Å². The van der Waals surface area contributed by atoms with Crippen molar-refractivity contribution in [3.63, 3.8) is 0 Å². The van der Waals surface area contributed by atoms with Crippen molar-refractivity contribution in [2.45, 2.75) is 33.0 Å². The van der Waals surface area contributed by atoms with Crippen molar-refractivity contribution >= 4 is 39.2 Å². The van der Waals surface area contributed by atoms with E-state index in [4.69, 9.17) is 5.90 Å². The zero-order valence-corrected chi connectivity index (χ0v) is 22.7. The maximum Gasteiger partial charge on any atom is 0.416 e. The molecule has 208 valence electrons. The summed E-state index contributed by atoms with van der Waals surface area (Å²) in [4.78, 5) is 33.5. The van der Waals surface area contributed by atoms with Crippen LogP contribution >= 0.6 is 15.9 Å². The highest BCUT2D eigenvalue weighted by Gasteiger charge is 2.31. The van der Waals surface area contributed by atoms with Crippen LogP contribution in [0.3, 0.4) is 0 Å². The molecule has 0 atom stereocenters. The van der Waals surface area contributed by atoms with E-state index in [9.17, 15) is 22.8 Å². The van der Waals surface area contributed by atoms with Crippen molar-refractivity contribution in [1.29, 1.82) is 0 Å². The first-order valence-corrected chi connectivity index (χ1v) is 12.5. The number of nitrogens with two attached hydrogens (primary N) is 1. The van der Waals surface area contributed by atoms with Gasteiger partial charge in [0.2, 0.25) is 11.8 Å². The Kier molecular flexibility index (Phi) is 12.2. The summed E-state index contributed by atoms with van der Waals surface area (Å²) in [5.74, 6) is 4.44. The van der Waals surface area contributed by atoms with E-state index in [1.54, 1.807) is 48.7 Å². The first kappa shape index (κ1) is 31.1. The normalized spacial score (nSPS) is 11.0. The molecule has 0 radical (unpaired) electrons. The van der Waals surface area contributed by atoms with E-state index in [0.717, 1.165) is 16.6 Å². The van der Waals surface area contributed by atoms with Gasteiger partial charge in [-0.05, 0) is 51.8 Å². The monoisotopic (exact) mass is 608 g/mol. The van der Waals surface area contributed by atoms with E-state index in [2.05, 4.69) is 47.0 Å². The molecule has 3 amide bonds. The summed E-state index contributed by atoms with van der Waals surface area (Å²) in [6.45, 7) is 4.28. The summed E-state index contributed by atoms with van der Waals surface area (Å²) in [5, 5.41) is 9.81. The van der Waals surface area contributed by atoms with Gasteiger partial charge >= 0.3 is 12.2 Å². The molecule has 1 heterocycles. The molecule has 0 aliphatic heterocycles. The van der Waals surface area contributed by atoms with Gasteiger partial charge in [-0.25, -0.2) is 4.79 Å². The van der Waals surface area contributed by atoms with Crippen molar-refractivity contribution in [3.05, 3.63) is 100 Å². The molecule has 9 nitrogen and oxygen atoms in total. The van der Waals surface area contributed by atoms with Crippen LogP contribution in [0.4, 0.5) is 29.3 Å². The number of pyridine rings is 1. The third-order valence-corrected chi connectivity index (χ3v) is 5.15. The molecule has 1 aromatic heterocycles. The number of halogens is 4. The number of anilines is 2. The number of nitrogens with zero attached hydrogens (tertiary/aromatic N) is 1. The van der Waals surface area contributed by atoms with Gasteiger partial charge < -0.3 is 20.8 Å². The lowest BCUT2D eigenvalue weighted by atomic mass is 10.1. The number of aromatic nitrogens is 1. The number of nitrogens with one attached hydrogen (secondary N) is 4. The van der Waals surface area contributed by atoms with E-state index in [0.29, 0.717) is 11.3 Å². The number of rotatable bonds is 9. The molecule has 0 aliphatic rings. The highest BCUT2D eigenvalue weighted by molar-refractivity contribution is 9.10. The van der Waals surface area contributed by atoms with E-state index in [1.807, 2.05) is 13.8 Å². The second-order valence-electron chi connectivity index (χ2n) is 7.56. The van der Waals surface area contributed by atoms with Crippen LogP contribution in [0, 0.1) is 0 Å². The fourth-order valence-electron chi connectivity index (χ4n) is 3.06. The summed E-state index contributed by atoms with van der Waals surface area (Å²) in [6.07, 6.45) is -1.89. The molecular formula is C26H28BrF3N6O3. The summed E-state index contributed by atoms with van der Waals surface area (Å²) < 4.78 is 41.1. The highest BCUT2D eigenvalue weighted by atomic mass is 79.9.